The lowest BCUT2D eigenvalue weighted by Gasteiger charge is -2.10. The summed E-state index contributed by atoms with van der Waals surface area (Å²) in [6, 6.07) is 7.52. The largest absolute Gasteiger partial charge is 0.389 e. The Bertz CT molecular complexity index is 326. The van der Waals surface area contributed by atoms with Crippen LogP contribution in [0.5, 0.6) is 0 Å². The van der Waals surface area contributed by atoms with E-state index in [1.54, 1.807) is 14.0 Å². The van der Waals surface area contributed by atoms with E-state index in [1.165, 1.54) is 0 Å². The molecule has 0 bridgehead atoms. The summed E-state index contributed by atoms with van der Waals surface area (Å²) in [6.45, 7) is 1.73. The zero-order valence-electron chi connectivity index (χ0n) is 8.24. The average molecular weight is 210 g/mol. The maximum Gasteiger partial charge on any atom is 0.170 e. The van der Waals surface area contributed by atoms with Gasteiger partial charge in [0.15, 0.2) is 5.11 Å². The molecular formula is C10H14N2OS. The molecule has 0 saturated carbocycles. The molecule has 0 heterocycles. The lowest BCUT2D eigenvalue weighted by atomic mass is 10.1. The monoisotopic (exact) mass is 210 g/mol. The van der Waals surface area contributed by atoms with E-state index in [4.69, 9.17) is 12.2 Å². The summed E-state index contributed by atoms with van der Waals surface area (Å²) in [5.74, 6) is 0. The third-order valence-electron chi connectivity index (χ3n) is 1.85. The maximum absolute atomic E-state index is 9.36. The summed E-state index contributed by atoms with van der Waals surface area (Å²) in [6.07, 6.45) is -0.458. The first kappa shape index (κ1) is 10.9. The van der Waals surface area contributed by atoms with Gasteiger partial charge in [0.1, 0.15) is 0 Å². The van der Waals surface area contributed by atoms with Gasteiger partial charge in [-0.2, -0.15) is 0 Å². The van der Waals surface area contributed by atoms with Gasteiger partial charge in [-0.1, -0.05) is 12.1 Å². The van der Waals surface area contributed by atoms with E-state index in [1.807, 2.05) is 24.3 Å². The number of aliphatic hydroxyl groups excluding tert-OH is 1. The number of nitrogens with one attached hydrogen (secondary N) is 2. The molecule has 3 nitrogen and oxygen atoms in total. The molecule has 76 valence electrons. The van der Waals surface area contributed by atoms with E-state index in [9.17, 15) is 5.11 Å². The van der Waals surface area contributed by atoms with Crippen molar-refractivity contribution in [1.29, 1.82) is 0 Å². The van der Waals surface area contributed by atoms with Gasteiger partial charge in [0, 0.05) is 12.7 Å². The molecule has 1 aromatic rings. The van der Waals surface area contributed by atoms with Gasteiger partial charge in [-0.3, -0.25) is 0 Å². The van der Waals surface area contributed by atoms with Crippen molar-refractivity contribution in [1.82, 2.24) is 5.32 Å². The Kier molecular flexibility index (Phi) is 3.85. The normalized spacial score (nSPS) is 11.9. The van der Waals surface area contributed by atoms with Gasteiger partial charge in [-0.15, -0.1) is 0 Å². The summed E-state index contributed by atoms with van der Waals surface area (Å²) < 4.78 is 0. The van der Waals surface area contributed by atoms with Crippen molar-refractivity contribution >= 4 is 23.0 Å². The number of thiocarbonyl (C=S) groups is 1. The first-order chi connectivity index (χ1) is 6.63. The van der Waals surface area contributed by atoms with Crippen LogP contribution < -0.4 is 10.6 Å². The maximum atomic E-state index is 9.36. The summed E-state index contributed by atoms with van der Waals surface area (Å²) in [5.41, 5.74) is 1.75. The van der Waals surface area contributed by atoms with Crippen molar-refractivity contribution in [3.05, 3.63) is 29.8 Å². The molecule has 0 fully saturated rings. The van der Waals surface area contributed by atoms with Gasteiger partial charge in [0.25, 0.3) is 0 Å². The topological polar surface area (TPSA) is 44.3 Å². The molecule has 0 amide bonds. The zero-order valence-corrected chi connectivity index (χ0v) is 9.06. The molecule has 0 saturated heterocycles. The van der Waals surface area contributed by atoms with Gasteiger partial charge in [-0.05, 0) is 36.8 Å². The molecule has 0 aromatic heterocycles. The van der Waals surface area contributed by atoms with Gasteiger partial charge in [-0.25, -0.2) is 0 Å². The number of hydrogen-bond donors (Lipinski definition) is 3. The first-order valence-corrected chi connectivity index (χ1v) is 4.81. The third kappa shape index (κ3) is 2.97. The summed E-state index contributed by atoms with van der Waals surface area (Å²) in [4.78, 5) is 0. The second-order valence-corrected chi connectivity index (χ2v) is 3.41. The molecule has 3 N–H and O–H groups in total. The second-order valence-electron chi connectivity index (χ2n) is 3.01. The van der Waals surface area contributed by atoms with Crippen LogP contribution in [0.2, 0.25) is 0 Å². The molecule has 1 rings (SSSR count). The predicted molar refractivity (Wildman–Crippen MR) is 62.4 cm³/mol. The second kappa shape index (κ2) is 4.93. The Balaban J connectivity index is 2.78. The Morgan fingerprint density at radius 3 is 2.79 bits per heavy atom. The molecular weight excluding hydrogens is 196 g/mol. The lowest BCUT2D eigenvalue weighted by Crippen LogP contribution is -2.24. The van der Waals surface area contributed by atoms with Crippen molar-refractivity contribution in [2.75, 3.05) is 12.4 Å². The molecule has 0 spiro atoms. The van der Waals surface area contributed by atoms with Crippen molar-refractivity contribution in [2.45, 2.75) is 13.0 Å². The zero-order chi connectivity index (χ0) is 10.6. The number of anilines is 1. The molecule has 4 heteroatoms. The third-order valence-corrected chi connectivity index (χ3v) is 2.16. The predicted octanol–water partition coefficient (Wildman–Crippen LogP) is 1.66. The highest BCUT2D eigenvalue weighted by Gasteiger charge is 2.01. The standard InChI is InChI=1S/C10H14N2OS/c1-7(13)8-4-3-5-9(6-8)12-10(14)11-2/h3-7,13H,1-2H3,(H2,11,12,14)/t7-/m1/s1. The lowest BCUT2D eigenvalue weighted by molar-refractivity contribution is 0.199. The van der Waals surface area contributed by atoms with E-state index >= 15 is 0 Å². The van der Waals surface area contributed by atoms with Crippen LogP contribution in [0.15, 0.2) is 24.3 Å². The van der Waals surface area contributed by atoms with Crippen molar-refractivity contribution in [3.63, 3.8) is 0 Å². The smallest absolute Gasteiger partial charge is 0.170 e. The van der Waals surface area contributed by atoms with E-state index < -0.39 is 6.10 Å². The van der Waals surface area contributed by atoms with Crippen molar-refractivity contribution in [2.24, 2.45) is 0 Å². The van der Waals surface area contributed by atoms with Crippen LogP contribution in [0.25, 0.3) is 0 Å². The first-order valence-electron chi connectivity index (χ1n) is 4.40. The minimum Gasteiger partial charge on any atom is -0.389 e. The SMILES string of the molecule is CNC(=S)Nc1cccc([C@@H](C)O)c1. The average Bonchev–Trinajstić information content (AvgIpc) is 2.18. The molecule has 1 atom stereocenters. The fourth-order valence-corrected chi connectivity index (χ4v) is 1.19. The molecule has 0 aliphatic carbocycles. The Morgan fingerprint density at radius 1 is 1.50 bits per heavy atom. The fourth-order valence-electron chi connectivity index (χ4n) is 1.07. The summed E-state index contributed by atoms with van der Waals surface area (Å²) in [7, 11) is 1.76. The number of benzene rings is 1. The van der Waals surface area contributed by atoms with Crippen LogP contribution in [0, 0.1) is 0 Å². The van der Waals surface area contributed by atoms with E-state index in [0.717, 1.165) is 11.3 Å². The number of hydrogen-bond acceptors (Lipinski definition) is 2. The Labute approximate surface area is 89.1 Å². The molecule has 1 aromatic carbocycles. The van der Waals surface area contributed by atoms with Crippen molar-refractivity contribution < 1.29 is 5.11 Å². The van der Waals surface area contributed by atoms with Gasteiger partial charge in [0.05, 0.1) is 6.10 Å². The summed E-state index contributed by atoms with van der Waals surface area (Å²) >= 11 is 4.96. The van der Waals surface area contributed by atoms with Crippen LogP contribution in [0.4, 0.5) is 5.69 Å². The van der Waals surface area contributed by atoms with Crippen LogP contribution in [-0.4, -0.2) is 17.3 Å². The molecule has 0 radical (unpaired) electrons. The quantitative estimate of drug-likeness (QED) is 0.650. The van der Waals surface area contributed by atoms with E-state index in [2.05, 4.69) is 10.6 Å². The molecule has 0 aliphatic heterocycles. The number of rotatable bonds is 2. The highest BCUT2D eigenvalue weighted by Crippen LogP contribution is 2.16. The highest BCUT2D eigenvalue weighted by molar-refractivity contribution is 7.80. The van der Waals surface area contributed by atoms with Gasteiger partial charge >= 0.3 is 0 Å². The van der Waals surface area contributed by atoms with E-state index in [-0.39, 0.29) is 0 Å². The van der Waals surface area contributed by atoms with Crippen molar-refractivity contribution in [3.8, 4) is 0 Å². The Morgan fingerprint density at radius 2 is 2.21 bits per heavy atom. The van der Waals surface area contributed by atoms with Gasteiger partial charge in [0.2, 0.25) is 0 Å². The van der Waals surface area contributed by atoms with Crippen LogP contribution in [-0.2, 0) is 0 Å². The van der Waals surface area contributed by atoms with Crippen LogP contribution >= 0.6 is 12.2 Å². The molecule has 0 aliphatic rings. The highest BCUT2D eigenvalue weighted by atomic mass is 32.1. The Hall–Kier alpha value is -1.13. The fraction of sp³-hybridized carbons (Fsp3) is 0.300. The number of aliphatic hydroxyl groups is 1. The summed E-state index contributed by atoms with van der Waals surface area (Å²) in [5, 5.41) is 15.7. The van der Waals surface area contributed by atoms with Crippen LogP contribution in [0.3, 0.4) is 0 Å². The van der Waals surface area contributed by atoms with E-state index in [0.29, 0.717) is 5.11 Å². The molecule has 0 unspecified atom stereocenters. The van der Waals surface area contributed by atoms with Crippen LogP contribution in [0.1, 0.15) is 18.6 Å². The van der Waals surface area contributed by atoms with Gasteiger partial charge < -0.3 is 15.7 Å². The minimum absolute atomic E-state index is 0.458. The minimum atomic E-state index is -0.458. The molecule has 14 heavy (non-hydrogen) atoms.